The minimum absolute atomic E-state index is 0.0554. The molecule has 7 nitrogen and oxygen atoms in total. The number of rotatable bonds is 6. The zero-order chi connectivity index (χ0) is 19.8. The van der Waals surface area contributed by atoms with Crippen molar-refractivity contribution in [1.29, 1.82) is 0 Å². The van der Waals surface area contributed by atoms with Gasteiger partial charge < -0.3 is 24.3 Å². The SMILES string of the molecule is CCOc1ccccc1CCNC(=NC)N1CCN(C(=O)c2ccco2)CC1. The number of nitrogens with one attached hydrogen (secondary N) is 1. The number of aliphatic imine (C=N–C) groups is 1. The molecular weight excluding hydrogens is 356 g/mol. The quantitative estimate of drug-likeness (QED) is 0.611. The first-order valence-electron chi connectivity index (χ1n) is 9.72. The third-order valence-corrected chi connectivity index (χ3v) is 4.76. The van der Waals surface area contributed by atoms with Gasteiger partial charge in [0.15, 0.2) is 11.7 Å². The van der Waals surface area contributed by atoms with E-state index in [1.165, 1.54) is 11.8 Å². The lowest BCUT2D eigenvalue weighted by Gasteiger charge is -2.36. The lowest BCUT2D eigenvalue weighted by Crippen LogP contribution is -2.54. The van der Waals surface area contributed by atoms with Crippen LogP contribution in [0.5, 0.6) is 5.75 Å². The summed E-state index contributed by atoms with van der Waals surface area (Å²) >= 11 is 0. The Labute approximate surface area is 166 Å². The number of furan rings is 1. The van der Waals surface area contributed by atoms with Crippen LogP contribution in [0.25, 0.3) is 0 Å². The summed E-state index contributed by atoms with van der Waals surface area (Å²) in [6.07, 6.45) is 2.38. The molecule has 7 heteroatoms. The molecule has 3 rings (SSSR count). The number of carbonyl (C=O) groups excluding carboxylic acids is 1. The summed E-state index contributed by atoms with van der Waals surface area (Å²) < 4.78 is 10.9. The molecular formula is C21H28N4O3. The van der Waals surface area contributed by atoms with Gasteiger partial charge in [-0.05, 0) is 37.1 Å². The van der Waals surface area contributed by atoms with Crippen molar-refractivity contribution >= 4 is 11.9 Å². The number of para-hydroxylation sites is 1. The minimum Gasteiger partial charge on any atom is -0.494 e. The van der Waals surface area contributed by atoms with E-state index in [9.17, 15) is 4.79 Å². The van der Waals surface area contributed by atoms with Crippen molar-refractivity contribution in [1.82, 2.24) is 15.1 Å². The van der Waals surface area contributed by atoms with Crippen molar-refractivity contribution in [3.05, 3.63) is 54.0 Å². The monoisotopic (exact) mass is 384 g/mol. The number of benzene rings is 1. The molecule has 0 aliphatic carbocycles. The average molecular weight is 384 g/mol. The van der Waals surface area contributed by atoms with Crippen LogP contribution in [-0.4, -0.2) is 68.0 Å². The van der Waals surface area contributed by atoms with E-state index < -0.39 is 0 Å². The van der Waals surface area contributed by atoms with Crippen LogP contribution < -0.4 is 10.1 Å². The smallest absolute Gasteiger partial charge is 0.289 e. The first-order chi connectivity index (χ1) is 13.7. The molecule has 28 heavy (non-hydrogen) atoms. The number of guanidine groups is 1. The third kappa shape index (κ3) is 4.85. The summed E-state index contributed by atoms with van der Waals surface area (Å²) in [5, 5.41) is 3.43. The number of ether oxygens (including phenoxy) is 1. The fraction of sp³-hybridized carbons (Fsp3) is 0.429. The van der Waals surface area contributed by atoms with Crippen LogP contribution in [0.1, 0.15) is 23.0 Å². The second-order valence-electron chi connectivity index (χ2n) is 6.52. The maximum absolute atomic E-state index is 12.4. The van der Waals surface area contributed by atoms with Crippen LogP contribution in [0.4, 0.5) is 0 Å². The second-order valence-corrected chi connectivity index (χ2v) is 6.52. The first kappa shape index (κ1) is 19.8. The van der Waals surface area contributed by atoms with E-state index in [4.69, 9.17) is 9.15 Å². The molecule has 2 aromatic rings. The van der Waals surface area contributed by atoms with Crippen LogP contribution >= 0.6 is 0 Å². The normalized spacial score (nSPS) is 14.9. The zero-order valence-corrected chi connectivity index (χ0v) is 16.6. The fourth-order valence-corrected chi connectivity index (χ4v) is 3.33. The maximum atomic E-state index is 12.4. The predicted octanol–water partition coefficient (Wildman–Crippen LogP) is 2.25. The molecule has 1 amide bonds. The van der Waals surface area contributed by atoms with Crippen molar-refractivity contribution in [3.8, 4) is 5.75 Å². The van der Waals surface area contributed by atoms with Crippen molar-refractivity contribution < 1.29 is 13.9 Å². The molecule has 0 saturated carbocycles. The van der Waals surface area contributed by atoms with Crippen LogP contribution in [0, 0.1) is 0 Å². The molecule has 1 aromatic carbocycles. The molecule has 150 valence electrons. The lowest BCUT2D eigenvalue weighted by atomic mass is 10.1. The van der Waals surface area contributed by atoms with E-state index in [1.54, 1.807) is 19.2 Å². The molecule has 2 heterocycles. The van der Waals surface area contributed by atoms with Crippen molar-refractivity contribution in [2.24, 2.45) is 4.99 Å². The molecule has 1 fully saturated rings. The van der Waals surface area contributed by atoms with Gasteiger partial charge in [-0.2, -0.15) is 0 Å². The Morgan fingerprint density at radius 3 is 2.57 bits per heavy atom. The molecule has 1 N–H and O–H groups in total. The number of hydrogen-bond acceptors (Lipinski definition) is 4. The molecule has 0 atom stereocenters. The Balaban J connectivity index is 1.48. The number of amides is 1. The summed E-state index contributed by atoms with van der Waals surface area (Å²) in [7, 11) is 1.79. The van der Waals surface area contributed by atoms with E-state index in [0.29, 0.717) is 25.5 Å². The molecule has 0 radical (unpaired) electrons. The lowest BCUT2D eigenvalue weighted by molar-refractivity contribution is 0.0658. The van der Waals surface area contributed by atoms with Gasteiger partial charge >= 0.3 is 0 Å². The van der Waals surface area contributed by atoms with Crippen molar-refractivity contribution in [3.63, 3.8) is 0 Å². The molecule has 1 aliphatic heterocycles. The van der Waals surface area contributed by atoms with Gasteiger partial charge in [0.05, 0.1) is 12.9 Å². The zero-order valence-electron chi connectivity index (χ0n) is 16.6. The van der Waals surface area contributed by atoms with Crippen LogP contribution in [0.3, 0.4) is 0 Å². The van der Waals surface area contributed by atoms with Gasteiger partial charge in [-0.1, -0.05) is 18.2 Å². The highest BCUT2D eigenvalue weighted by molar-refractivity contribution is 5.91. The third-order valence-electron chi connectivity index (χ3n) is 4.76. The highest BCUT2D eigenvalue weighted by Crippen LogP contribution is 2.18. The summed E-state index contributed by atoms with van der Waals surface area (Å²) in [5.74, 6) is 2.13. The number of nitrogens with zero attached hydrogens (tertiary/aromatic N) is 3. The average Bonchev–Trinajstić information content (AvgIpc) is 3.27. The summed E-state index contributed by atoms with van der Waals surface area (Å²) in [6, 6.07) is 11.6. The largest absolute Gasteiger partial charge is 0.494 e. The summed E-state index contributed by atoms with van der Waals surface area (Å²) in [6.45, 7) is 6.19. The molecule has 1 aromatic heterocycles. The van der Waals surface area contributed by atoms with Crippen molar-refractivity contribution in [2.45, 2.75) is 13.3 Å². The molecule has 1 saturated heterocycles. The summed E-state index contributed by atoms with van der Waals surface area (Å²) in [4.78, 5) is 20.8. The molecule has 0 unspecified atom stereocenters. The number of piperazine rings is 1. The van der Waals surface area contributed by atoms with Crippen molar-refractivity contribution in [2.75, 3.05) is 46.4 Å². The van der Waals surface area contributed by atoms with Gasteiger partial charge in [0.25, 0.3) is 5.91 Å². The van der Waals surface area contributed by atoms with E-state index >= 15 is 0 Å². The Kier molecular flexibility index (Phi) is 6.94. The maximum Gasteiger partial charge on any atom is 0.289 e. The Bertz CT molecular complexity index is 781. The van der Waals surface area contributed by atoms with Crippen LogP contribution in [0.15, 0.2) is 52.1 Å². The van der Waals surface area contributed by atoms with E-state index in [2.05, 4.69) is 21.3 Å². The first-order valence-corrected chi connectivity index (χ1v) is 9.72. The van der Waals surface area contributed by atoms with Gasteiger partial charge in [0.2, 0.25) is 0 Å². The second kappa shape index (κ2) is 9.82. The van der Waals surface area contributed by atoms with Gasteiger partial charge in [0, 0.05) is 39.8 Å². The fourth-order valence-electron chi connectivity index (χ4n) is 3.33. The topological polar surface area (TPSA) is 70.3 Å². The van der Waals surface area contributed by atoms with Crippen LogP contribution in [-0.2, 0) is 6.42 Å². The van der Waals surface area contributed by atoms with E-state index in [1.807, 2.05) is 30.0 Å². The van der Waals surface area contributed by atoms with Gasteiger partial charge in [-0.25, -0.2) is 0 Å². The number of hydrogen-bond donors (Lipinski definition) is 1. The Morgan fingerprint density at radius 2 is 1.89 bits per heavy atom. The molecule has 0 spiro atoms. The summed E-state index contributed by atoms with van der Waals surface area (Å²) in [5.41, 5.74) is 1.18. The standard InChI is InChI=1S/C21H28N4O3/c1-3-27-18-8-5-4-7-17(18)10-11-23-21(22-2)25-14-12-24(13-15-25)20(26)19-9-6-16-28-19/h4-9,16H,3,10-15H2,1-2H3,(H,22,23). The van der Waals surface area contributed by atoms with E-state index in [0.717, 1.165) is 37.8 Å². The Morgan fingerprint density at radius 1 is 1.14 bits per heavy atom. The predicted molar refractivity (Wildman–Crippen MR) is 109 cm³/mol. The number of carbonyl (C=O) groups is 1. The Hall–Kier alpha value is -2.96. The highest BCUT2D eigenvalue weighted by atomic mass is 16.5. The van der Waals surface area contributed by atoms with Gasteiger partial charge in [-0.15, -0.1) is 0 Å². The molecule has 0 bridgehead atoms. The minimum atomic E-state index is -0.0554. The van der Waals surface area contributed by atoms with E-state index in [-0.39, 0.29) is 5.91 Å². The highest BCUT2D eigenvalue weighted by Gasteiger charge is 2.25. The molecule has 1 aliphatic rings. The van der Waals surface area contributed by atoms with Gasteiger partial charge in [0.1, 0.15) is 5.75 Å². The van der Waals surface area contributed by atoms with Crippen LogP contribution in [0.2, 0.25) is 0 Å². The van der Waals surface area contributed by atoms with Gasteiger partial charge in [-0.3, -0.25) is 9.79 Å².